The lowest BCUT2D eigenvalue weighted by Gasteiger charge is -2.16. The Morgan fingerprint density at radius 2 is 2.11 bits per heavy atom. The predicted molar refractivity (Wildman–Crippen MR) is 78.6 cm³/mol. The van der Waals surface area contributed by atoms with Gasteiger partial charge in [-0.3, -0.25) is 4.98 Å². The molecule has 0 aliphatic carbocycles. The molecule has 2 nitrogen and oxygen atoms in total. The van der Waals surface area contributed by atoms with Crippen LogP contribution in [0.5, 0.6) is 0 Å². The molecular formula is C15H17BrN2. The van der Waals surface area contributed by atoms with E-state index in [2.05, 4.69) is 58.2 Å². The number of aromatic nitrogens is 1. The first-order chi connectivity index (χ1) is 8.69. The average Bonchev–Trinajstić information content (AvgIpc) is 2.36. The van der Waals surface area contributed by atoms with E-state index in [1.165, 1.54) is 16.7 Å². The van der Waals surface area contributed by atoms with Crippen molar-refractivity contribution >= 4 is 15.9 Å². The van der Waals surface area contributed by atoms with Gasteiger partial charge in [0.05, 0.1) is 0 Å². The van der Waals surface area contributed by atoms with E-state index in [1.807, 2.05) is 6.20 Å². The van der Waals surface area contributed by atoms with Gasteiger partial charge >= 0.3 is 0 Å². The SMILES string of the molecule is Cc1cccc(C(CN)Cc2cncc(Br)c2)c1. The molecule has 94 valence electrons. The van der Waals surface area contributed by atoms with Crippen molar-refractivity contribution in [3.05, 3.63) is 63.9 Å². The number of hydrogen-bond acceptors (Lipinski definition) is 2. The highest BCUT2D eigenvalue weighted by Crippen LogP contribution is 2.22. The molecule has 0 radical (unpaired) electrons. The third-order valence-electron chi connectivity index (χ3n) is 3.04. The zero-order chi connectivity index (χ0) is 13.0. The van der Waals surface area contributed by atoms with Gasteiger partial charge in [-0.25, -0.2) is 0 Å². The number of pyridine rings is 1. The molecule has 1 aromatic heterocycles. The Balaban J connectivity index is 2.19. The largest absolute Gasteiger partial charge is 0.330 e. The van der Waals surface area contributed by atoms with E-state index >= 15 is 0 Å². The molecule has 1 heterocycles. The Morgan fingerprint density at radius 3 is 2.78 bits per heavy atom. The minimum atomic E-state index is 0.348. The second-order valence-corrected chi connectivity index (χ2v) is 5.48. The minimum absolute atomic E-state index is 0.348. The van der Waals surface area contributed by atoms with Crippen molar-refractivity contribution in [1.29, 1.82) is 0 Å². The number of nitrogens with two attached hydrogens (primary N) is 1. The minimum Gasteiger partial charge on any atom is -0.330 e. The average molecular weight is 305 g/mol. The van der Waals surface area contributed by atoms with Crippen LogP contribution in [0.4, 0.5) is 0 Å². The lowest BCUT2D eigenvalue weighted by atomic mass is 9.92. The van der Waals surface area contributed by atoms with Crippen LogP contribution in [0.15, 0.2) is 47.2 Å². The van der Waals surface area contributed by atoms with Crippen LogP contribution < -0.4 is 5.73 Å². The maximum Gasteiger partial charge on any atom is 0.0410 e. The smallest absolute Gasteiger partial charge is 0.0410 e. The fourth-order valence-electron chi connectivity index (χ4n) is 2.11. The highest BCUT2D eigenvalue weighted by Gasteiger charge is 2.11. The fraction of sp³-hybridized carbons (Fsp3) is 0.267. The zero-order valence-corrected chi connectivity index (χ0v) is 12.0. The van der Waals surface area contributed by atoms with E-state index in [9.17, 15) is 0 Å². The van der Waals surface area contributed by atoms with Crippen molar-refractivity contribution in [2.75, 3.05) is 6.54 Å². The van der Waals surface area contributed by atoms with E-state index in [1.54, 1.807) is 6.20 Å². The maximum absolute atomic E-state index is 5.91. The molecule has 0 fully saturated rings. The summed E-state index contributed by atoms with van der Waals surface area (Å²) >= 11 is 3.45. The molecule has 0 spiro atoms. The molecule has 2 N–H and O–H groups in total. The molecule has 2 aromatic rings. The van der Waals surface area contributed by atoms with Crippen LogP contribution in [0.25, 0.3) is 0 Å². The van der Waals surface area contributed by atoms with Gasteiger partial charge in [0.1, 0.15) is 0 Å². The molecule has 0 aliphatic rings. The van der Waals surface area contributed by atoms with Gasteiger partial charge in [-0.05, 0) is 53.0 Å². The number of hydrogen-bond donors (Lipinski definition) is 1. The summed E-state index contributed by atoms with van der Waals surface area (Å²) < 4.78 is 1.01. The Bertz CT molecular complexity index is 525. The summed E-state index contributed by atoms with van der Waals surface area (Å²) in [5.41, 5.74) is 9.70. The summed E-state index contributed by atoms with van der Waals surface area (Å²) in [6, 6.07) is 10.7. The van der Waals surface area contributed by atoms with Gasteiger partial charge in [-0.2, -0.15) is 0 Å². The molecule has 3 heteroatoms. The number of nitrogens with zero attached hydrogens (tertiary/aromatic N) is 1. The normalized spacial score (nSPS) is 12.4. The quantitative estimate of drug-likeness (QED) is 0.940. The lowest BCUT2D eigenvalue weighted by molar-refractivity contribution is 0.692. The molecule has 0 saturated carbocycles. The first-order valence-corrected chi connectivity index (χ1v) is 6.84. The molecule has 2 rings (SSSR count). The third kappa shape index (κ3) is 3.40. The van der Waals surface area contributed by atoms with E-state index in [0.29, 0.717) is 12.5 Å². The Morgan fingerprint density at radius 1 is 1.28 bits per heavy atom. The van der Waals surface area contributed by atoms with Crippen LogP contribution >= 0.6 is 15.9 Å². The summed E-state index contributed by atoms with van der Waals surface area (Å²) in [5.74, 6) is 0.348. The van der Waals surface area contributed by atoms with Crippen molar-refractivity contribution in [3.8, 4) is 0 Å². The van der Waals surface area contributed by atoms with Crippen LogP contribution in [0, 0.1) is 6.92 Å². The molecule has 0 bridgehead atoms. The first-order valence-electron chi connectivity index (χ1n) is 6.05. The van der Waals surface area contributed by atoms with Gasteiger partial charge < -0.3 is 5.73 Å². The molecule has 0 saturated heterocycles. The molecule has 18 heavy (non-hydrogen) atoms. The number of rotatable bonds is 4. The van der Waals surface area contributed by atoms with E-state index in [-0.39, 0.29) is 0 Å². The van der Waals surface area contributed by atoms with Crippen molar-refractivity contribution in [3.63, 3.8) is 0 Å². The van der Waals surface area contributed by atoms with Crippen molar-refractivity contribution in [2.45, 2.75) is 19.3 Å². The highest BCUT2D eigenvalue weighted by molar-refractivity contribution is 9.10. The van der Waals surface area contributed by atoms with E-state index < -0.39 is 0 Å². The molecule has 0 aliphatic heterocycles. The number of halogens is 1. The van der Waals surface area contributed by atoms with Crippen molar-refractivity contribution < 1.29 is 0 Å². The molecule has 0 amide bonds. The van der Waals surface area contributed by atoms with Gasteiger partial charge in [-0.15, -0.1) is 0 Å². The molecule has 1 atom stereocenters. The van der Waals surface area contributed by atoms with Gasteiger partial charge in [0.25, 0.3) is 0 Å². The maximum atomic E-state index is 5.91. The van der Waals surface area contributed by atoms with Gasteiger partial charge in [-0.1, -0.05) is 29.8 Å². The van der Waals surface area contributed by atoms with Crippen LogP contribution in [0.3, 0.4) is 0 Å². The second kappa shape index (κ2) is 6.12. The summed E-state index contributed by atoms with van der Waals surface area (Å²) in [5, 5.41) is 0. The Hall–Kier alpha value is -1.19. The second-order valence-electron chi connectivity index (χ2n) is 4.56. The fourth-order valence-corrected chi connectivity index (χ4v) is 2.53. The van der Waals surface area contributed by atoms with Crippen LogP contribution in [0.2, 0.25) is 0 Å². The van der Waals surface area contributed by atoms with Crippen molar-refractivity contribution in [2.24, 2.45) is 5.73 Å². The monoisotopic (exact) mass is 304 g/mol. The van der Waals surface area contributed by atoms with Crippen molar-refractivity contribution in [1.82, 2.24) is 4.98 Å². The first kappa shape index (κ1) is 13.2. The summed E-state index contributed by atoms with van der Waals surface area (Å²) in [4.78, 5) is 4.20. The standard InChI is InChI=1S/C15H17BrN2/c1-11-3-2-4-13(5-11)14(8-17)6-12-7-15(16)10-18-9-12/h2-5,7,9-10,14H,6,8,17H2,1H3. The van der Waals surface area contributed by atoms with Crippen LogP contribution in [-0.4, -0.2) is 11.5 Å². The van der Waals surface area contributed by atoms with Gasteiger partial charge in [0.2, 0.25) is 0 Å². The number of benzene rings is 1. The molecule has 1 aromatic carbocycles. The zero-order valence-electron chi connectivity index (χ0n) is 10.4. The summed E-state index contributed by atoms with van der Waals surface area (Å²) in [7, 11) is 0. The Labute approximate surface area is 116 Å². The Kier molecular flexibility index (Phi) is 4.50. The van der Waals surface area contributed by atoms with Crippen LogP contribution in [-0.2, 0) is 6.42 Å². The highest BCUT2D eigenvalue weighted by atomic mass is 79.9. The van der Waals surface area contributed by atoms with E-state index in [4.69, 9.17) is 5.73 Å². The summed E-state index contributed by atoms with van der Waals surface area (Å²) in [6.45, 7) is 2.76. The summed E-state index contributed by atoms with van der Waals surface area (Å²) in [6.07, 6.45) is 4.63. The van der Waals surface area contributed by atoms with Gasteiger partial charge in [0.15, 0.2) is 0 Å². The molecular weight excluding hydrogens is 288 g/mol. The van der Waals surface area contributed by atoms with Crippen LogP contribution in [0.1, 0.15) is 22.6 Å². The van der Waals surface area contributed by atoms with E-state index in [0.717, 1.165) is 10.9 Å². The van der Waals surface area contributed by atoms with Gasteiger partial charge in [0, 0.05) is 22.8 Å². The predicted octanol–water partition coefficient (Wildman–Crippen LogP) is 3.44. The number of aryl methyl sites for hydroxylation is 1. The molecule has 1 unspecified atom stereocenters. The topological polar surface area (TPSA) is 38.9 Å². The lowest BCUT2D eigenvalue weighted by Crippen LogP contribution is -2.15. The third-order valence-corrected chi connectivity index (χ3v) is 3.48.